The number of hydrogen-bond acceptors (Lipinski definition) is 6. The van der Waals surface area contributed by atoms with Crippen molar-refractivity contribution in [2.75, 3.05) is 38.2 Å². The maximum Gasteiger partial charge on any atom is 0.155 e. The topological polar surface area (TPSA) is 59.3 Å². The number of hydrogen-bond donors (Lipinski definition) is 0. The summed E-state index contributed by atoms with van der Waals surface area (Å²) in [6, 6.07) is 8.39. The first kappa shape index (κ1) is 23.2. The maximum atomic E-state index is 5.21. The normalized spacial score (nSPS) is 14.5. The number of rotatable bonds is 7. The Morgan fingerprint density at radius 2 is 1.71 bits per heavy atom. The van der Waals surface area contributed by atoms with Gasteiger partial charge in [0.25, 0.3) is 0 Å². The Labute approximate surface area is 190 Å². The van der Waals surface area contributed by atoms with E-state index in [1.807, 2.05) is 4.68 Å². The summed E-state index contributed by atoms with van der Waals surface area (Å²) in [4.78, 5) is 14.2. The Hall–Kier alpha value is -2.48. The molecule has 0 atom stereocenters. The Morgan fingerprint density at radius 3 is 2.35 bits per heavy atom. The summed E-state index contributed by atoms with van der Waals surface area (Å²) < 4.78 is 7.23. The van der Waals surface area contributed by atoms with Gasteiger partial charge in [0.15, 0.2) is 5.82 Å². The van der Waals surface area contributed by atoms with Crippen LogP contribution >= 0.6 is 12.4 Å². The second-order valence-corrected chi connectivity index (χ2v) is 7.72. The molecule has 1 fully saturated rings. The summed E-state index contributed by atoms with van der Waals surface area (Å²) in [6.45, 7) is 10.6. The molecule has 7 nitrogen and oxygen atoms in total. The van der Waals surface area contributed by atoms with E-state index in [4.69, 9.17) is 4.74 Å². The van der Waals surface area contributed by atoms with Crippen molar-refractivity contribution in [3.63, 3.8) is 0 Å². The highest BCUT2D eigenvalue weighted by Crippen LogP contribution is 2.28. The Bertz CT molecular complexity index is 966. The third kappa shape index (κ3) is 5.42. The first-order valence-electron chi connectivity index (χ1n) is 10.6. The van der Waals surface area contributed by atoms with Crippen LogP contribution in [0.25, 0.3) is 11.3 Å². The molecule has 0 spiro atoms. The first-order valence-corrected chi connectivity index (χ1v) is 10.6. The SMILES string of the molecule is CCn1cc(CN2CCN(c3nccnc3-c3ccc(COC)cc3)CC2)c(C)n1.Cl. The third-order valence-corrected chi connectivity index (χ3v) is 5.66. The molecule has 8 heteroatoms. The summed E-state index contributed by atoms with van der Waals surface area (Å²) in [7, 11) is 1.71. The van der Waals surface area contributed by atoms with Crippen LogP contribution in [-0.2, 0) is 24.4 Å². The highest BCUT2D eigenvalue weighted by molar-refractivity contribution is 5.85. The Kier molecular flexibility index (Phi) is 8.01. The molecular weight excluding hydrogens is 412 g/mol. The van der Waals surface area contributed by atoms with Gasteiger partial charge in [-0.15, -0.1) is 12.4 Å². The van der Waals surface area contributed by atoms with Gasteiger partial charge in [-0.3, -0.25) is 14.6 Å². The summed E-state index contributed by atoms with van der Waals surface area (Å²) in [5, 5.41) is 4.57. The first-order chi connectivity index (χ1) is 14.7. The average molecular weight is 443 g/mol. The molecule has 0 radical (unpaired) electrons. The number of ether oxygens (including phenoxy) is 1. The predicted octanol–water partition coefficient (Wildman–Crippen LogP) is 3.56. The molecule has 4 rings (SSSR count). The van der Waals surface area contributed by atoms with E-state index in [1.165, 1.54) is 5.56 Å². The van der Waals surface area contributed by atoms with E-state index in [2.05, 4.69) is 69.2 Å². The van der Waals surface area contributed by atoms with Gasteiger partial charge in [-0.2, -0.15) is 5.10 Å². The molecule has 1 saturated heterocycles. The number of aryl methyl sites for hydroxylation is 2. The smallest absolute Gasteiger partial charge is 0.155 e. The fraction of sp³-hybridized carbons (Fsp3) is 0.435. The van der Waals surface area contributed by atoms with E-state index in [1.54, 1.807) is 19.5 Å². The van der Waals surface area contributed by atoms with Crippen molar-refractivity contribution in [1.29, 1.82) is 0 Å². The lowest BCUT2D eigenvalue weighted by Crippen LogP contribution is -2.46. The molecule has 166 valence electrons. The summed E-state index contributed by atoms with van der Waals surface area (Å²) in [5.41, 5.74) is 5.63. The minimum atomic E-state index is 0. The van der Waals surface area contributed by atoms with Gasteiger partial charge < -0.3 is 9.64 Å². The van der Waals surface area contributed by atoms with Crippen molar-refractivity contribution in [1.82, 2.24) is 24.6 Å². The van der Waals surface area contributed by atoms with E-state index in [-0.39, 0.29) is 12.4 Å². The second-order valence-electron chi connectivity index (χ2n) is 7.72. The highest BCUT2D eigenvalue weighted by atomic mass is 35.5. The number of piperazine rings is 1. The van der Waals surface area contributed by atoms with Crippen molar-refractivity contribution in [2.24, 2.45) is 0 Å². The zero-order chi connectivity index (χ0) is 20.9. The number of nitrogens with zero attached hydrogens (tertiary/aromatic N) is 6. The predicted molar refractivity (Wildman–Crippen MR) is 126 cm³/mol. The fourth-order valence-electron chi connectivity index (χ4n) is 3.93. The molecule has 0 N–H and O–H groups in total. The molecule has 3 heterocycles. The van der Waals surface area contributed by atoms with Crippen LogP contribution in [0.2, 0.25) is 0 Å². The zero-order valence-electron chi connectivity index (χ0n) is 18.5. The van der Waals surface area contributed by atoms with Crippen LogP contribution in [0.4, 0.5) is 5.82 Å². The van der Waals surface area contributed by atoms with Gasteiger partial charge in [0.2, 0.25) is 0 Å². The van der Waals surface area contributed by atoms with Crippen molar-refractivity contribution in [3.8, 4) is 11.3 Å². The lowest BCUT2D eigenvalue weighted by molar-refractivity contribution is 0.185. The minimum absolute atomic E-state index is 0. The molecule has 1 aliphatic heterocycles. The van der Waals surface area contributed by atoms with E-state index < -0.39 is 0 Å². The largest absolute Gasteiger partial charge is 0.380 e. The number of anilines is 1. The van der Waals surface area contributed by atoms with E-state index in [0.717, 1.165) is 67.6 Å². The molecule has 1 aliphatic rings. The minimum Gasteiger partial charge on any atom is -0.380 e. The van der Waals surface area contributed by atoms with Crippen LogP contribution in [0, 0.1) is 6.92 Å². The quantitative estimate of drug-likeness (QED) is 0.557. The summed E-state index contributed by atoms with van der Waals surface area (Å²) >= 11 is 0. The molecule has 2 aromatic heterocycles. The van der Waals surface area contributed by atoms with E-state index >= 15 is 0 Å². The van der Waals surface area contributed by atoms with Gasteiger partial charge in [-0.1, -0.05) is 24.3 Å². The van der Waals surface area contributed by atoms with Gasteiger partial charge in [0.1, 0.15) is 5.69 Å². The van der Waals surface area contributed by atoms with Gasteiger partial charge in [-0.05, 0) is 19.4 Å². The van der Waals surface area contributed by atoms with Crippen LogP contribution in [0.1, 0.15) is 23.7 Å². The second kappa shape index (κ2) is 10.7. The molecule has 0 bridgehead atoms. The molecule has 31 heavy (non-hydrogen) atoms. The van der Waals surface area contributed by atoms with Crippen molar-refractivity contribution in [3.05, 3.63) is 59.7 Å². The van der Waals surface area contributed by atoms with Crippen molar-refractivity contribution >= 4 is 18.2 Å². The highest BCUT2D eigenvalue weighted by Gasteiger charge is 2.22. The number of halogens is 1. The van der Waals surface area contributed by atoms with Crippen molar-refractivity contribution < 1.29 is 4.74 Å². The third-order valence-electron chi connectivity index (χ3n) is 5.66. The molecule has 0 aliphatic carbocycles. The lowest BCUT2D eigenvalue weighted by Gasteiger charge is -2.35. The monoisotopic (exact) mass is 442 g/mol. The Morgan fingerprint density at radius 1 is 1.00 bits per heavy atom. The van der Waals surface area contributed by atoms with Gasteiger partial charge >= 0.3 is 0 Å². The Balaban J connectivity index is 0.00000272. The maximum absolute atomic E-state index is 5.21. The molecule has 0 amide bonds. The number of aromatic nitrogens is 4. The van der Waals surface area contributed by atoms with E-state index in [9.17, 15) is 0 Å². The van der Waals surface area contributed by atoms with Crippen LogP contribution in [0.3, 0.4) is 0 Å². The standard InChI is InChI=1S/C23H30N6O.ClH/c1-4-29-16-21(18(2)26-29)15-27-11-13-28(14-12-27)23-22(24-9-10-25-23)20-7-5-19(6-8-20)17-30-3;/h5-10,16H,4,11-15,17H2,1-3H3;1H. The molecular formula is C23H31ClN6O. The molecule has 0 unspecified atom stereocenters. The fourth-order valence-corrected chi connectivity index (χ4v) is 3.93. The van der Waals surface area contributed by atoms with Gasteiger partial charge in [0.05, 0.1) is 12.3 Å². The van der Waals surface area contributed by atoms with Crippen LogP contribution in [-0.4, -0.2) is 57.9 Å². The summed E-state index contributed by atoms with van der Waals surface area (Å²) in [6.07, 6.45) is 5.73. The number of methoxy groups -OCH3 is 1. The van der Waals surface area contributed by atoms with Crippen LogP contribution in [0.15, 0.2) is 42.9 Å². The molecule has 3 aromatic rings. The number of benzene rings is 1. The molecule has 0 saturated carbocycles. The summed E-state index contributed by atoms with van der Waals surface area (Å²) in [5.74, 6) is 0.964. The zero-order valence-corrected chi connectivity index (χ0v) is 19.3. The van der Waals surface area contributed by atoms with Crippen molar-refractivity contribution in [2.45, 2.75) is 33.5 Å². The van der Waals surface area contributed by atoms with Gasteiger partial charge in [-0.25, -0.2) is 4.98 Å². The average Bonchev–Trinajstić information content (AvgIpc) is 3.14. The molecule has 1 aromatic carbocycles. The van der Waals surface area contributed by atoms with Crippen LogP contribution < -0.4 is 4.90 Å². The van der Waals surface area contributed by atoms with E-state index in [0.29, 0.717) is 6.61 Å². The van der Waals surface area contributed by atoms with Gasteiger partial charge in [0, 0.05) is 76.1 Å². The lowest BCUT2D eigenvalue weighted by atomic mass is 10.1. The van der Waals surface area contributed by atoms with Crippen LogP contribution in [0.5, 0.6) is 0 Å².